The van der Waals surface area contributed by atoms with Crippen LogP contribution in [0.25, 0.3) is 11.3 Å². The number of hydrogen-bond donors (Lipinski definition) is 1. The summed E-state index contributed by atoms with van der Waals surface area (Å²) >= 11 is 0. The van der Waals surface area contributed by atoms with Gasteiger partial charge in [-0.1, -0.05) is 24.3 Å². The van der Waals surface area contributed by atoms with Crippen LogP contribution < -0.4 is 5.73 Å². The molecule has 84 valence electrons. The zero-order chi connectivity index (χ0) is 11.7. The number of aromatic nitrogens is 2. The molecule has 2 N–H and O–H groups in total. The van der Waals surface area contributed by atoms with Crippen molar-refractivity contribution in [3.05, 3.63) is 41.6 Å². The first-order valence-corrected chi connectivity index (χ1v) is 5.45. The molecule has 0 spiro atoms. The fourth-order valence-corrected chi connectivity index (χ4v) is 1.82. The van der Waals surface area contributed by atoms with Crippen molar-refractivity contribution in [2.24, 2.45) is 12.8 Å². The van der Waals surface area contributed by atoms with Crippen LogP contribution in [0.5, 0.6) is 0 Å². The Bertz CT molecular complexity index is 498. The Morgan fingerprint density at radius 2 is 2.00 bits per heavy atom. The molecule has 1 unspecified atom stereocenters. The van der Waals surface area contributed by atoms with Gasteiger partial charge in [-0.25, -0.2) is 0 Å². The van der Waals surface area contributed by atoms with Crippen molar-refractivity contribution in [3.63, 3.8) is 0 Å². The third-order valence-corrected chi connectivity index (χ3v) is 2.79. The van der Waals surface area contributed by atoms with E-state index in [0.29, 0.717) is 0 Å². The minimum atomic E-state index is -0.0241. The summed E-state index contributed by atoms with van der Waals surface area (Å²) in [6.45, 7) is 4.05. The first kappa shape index (κ1) is 10.9. The molecule has 0 aliphatic rings. The summed E-state index contributed by atoms with van der Waals surface area (Å²) in [5, 5.41) is 4.42. The van der Waals surface area contributed by atoms with Crippen LogP contribution in [-0.2, 0) is 7.05 Å². The normalized spacial score (nSPS) is 12.8. The largest absolute Gasteiger partial charge is 0.323 e. The summed E-state index contributed by atoms with van der Waals surface area (Å²) < 4.78 is 1.89. The van der Waals surface area contributed by atoms with Gasteiger partial charge in [0.2, 0.25) is 0 Å². The molecule has 2 rings (SSSR count). The third-order valence-electron chi connectivity index (χ3n) is 2.79. The highest BCUT2D eigenvalue weighted by Gasteiger charge is 2.11. The smallest absolute Gasteiger partial charge is 0.0795 e. The van der Waals surface area contributed by atoms with Gasteiger partial charge in [0.25, 0.3) is 0 Å². The molecule has 16 heavy (non-hydrogen) atoms. The third kappa shape index (κ3) is 1.86. The molecule has 1 heterocycles. The maximum Gasteiger partial charge on any atom is 0.0795 e. The molecule has 1 aromatic carbocycles. The molecule has 0 aliphatic carbocycles. The molecule has 1 atom stereocenters. The summed E-state index contributed by atoms with van der Waals surface area (Å²) in [5.41, 5.74) is 10.3. The molecule has 3 heteroatoms. The molecule has 3 nitrogen and oxygen atoms in total. The van der Waals surface area contributed by atoms with E-state index in [1.54, 1.807) is 0 Å². The zero-order valence-corrected chi connectivity index (χ0v) is 9.94. The maximum absolute atomic E-state index is 5.84. The van der Waals surface area contributed by atoms with Gasteiger partial charge in [0.1, 0.15) is 0 Å². The number of rotatable bonds is 2. The van der Waals surface area contributed by atoms with E-state index in [0.717, 1.165) is 11.4 Å². The molecular weight excluding hydrogens is 198 g/mol. The highest BCUT2D eigenvalue weighted by Crippen LogP contribution is 2.24. The molecule has 2 aromatic rings. The Morgan fingerprint density at radius 1 is 1.31 bits per heavy atom. The summed E-state index contributed by atoms with van der Waals surface area (Å²) in [6, 6.07) is 10.3. The lowest BCUT2D eigenvalue weighted by Crippen LogP contribution is -2.06. The van der Waals surface area contributed by atoms with Crippen molar-refractivity contribution >= 4 is 0 Å². The summed E-state index contributed by atoms with van der Waals surface area (Å²) in [7, 11) is 1.95. The van der Waals surface area contributed by atoms with Crippen molar-refractivity contribution in [2.45, 2.75) is 19.9 Å². The van der Waals surface area contributed by atoms with Gasteiger partial charge in [-0.3, -0.25) is 4.68 Å². The predicted molar refractivity (Wildman–Crippen MR) is 66.0 cm³/mol. The van der Waals surface area contributed by atoms with Crippen molar-refractivity contribution in [1.29, 1.82) is 0 Å². The second-order valence-electron chi connectivity index (χ2n) is 4.18. The fourth-order valence-electron chi connectivity index (χ4n) is 1.82. The zero-order valence-electron chi connectivity index (χ0n) is 9.94. The molecule has 1 aromatic heterocycles. The Labute approximate surface area is 95.9 Å². The van der Waals surface area contributed by atoms with Crippen molar-refractivity contribution < 1.29 is 0 Å². The Kier molecular flexibility index (Phi) is 2.79. The van der Waals surface area contributed by atoms with Crippen LogP contribution in [0.2, 0.25) is 0 Å². The minimum Gasteiger partial charge on any atom is -0.323 e. The molecule has 0 amide bonds. The molecule has 0 aliphatic heterocycles. The number of benzene rings is 1. The standard InChI is InChI=1S/C13H17N3/c1-9-6-4-5-7-11(9)13-8-12(10(2)14)15-16(13)3/h4-8,10H,14H2,1-3H3. The molecule has 0 radical (unpaired) electrons. The van der Waals surface area contributed by atoms with Gasteiger partial charge in [0.05, 0.1) is 11.4 Å². The van der Waals surface area contributed by atoms with Gasteiger partial charge in [0, 0.05) is 18.7 Å². The Hall–Kier alpha value is -1.61. The molecule has 0 fully saturated rings. The second kappa shape index (κ2) is 4.10. The second-order valence-corrected chi connectivity index (χ2v) is 4.18. The average molecular weight is 215 g/mol. The predicted octanol–water partition coefficient (Wildman–Crippen LogP) is 2.42. The van der Waals surface area contributed by atoms with Crippen molar-refractivity contribution in [2.75, 3.05) is 0 Å². The van der Waals surface area contributed by atoms with Gasteiger partial charge in [0.15, 0.2) is 0 Å². The van der Waals surface area contributed by atoms with E-state index in [1.165, 1.54) is 11.1 Å². The van der Waals surface area contributed by atoms with E-state index in [1.807, 2.05) is 30.8 Å². The number of nitrogens with two attached hydrogens (primary N) is 1. The lowest BCUT2D eigenvalue weighted by molar-refractivity contribution is 0.702. The molecule has 0 bridgehead atoms. The molecule has 0 saturated carbocycles. The highest BCUT2D eigenvalue weighted by atomic mass is 15.3. The van der Waals surface area contributed by atoms with Crippen LogP contribution in [0.4, 0.5) is 0 Å². The topological polar surface area (TPSA) is 43.8 Å². The van der Waals surface area contributed by atoms with Gasteiger partial charge in [-0.15, -0.1) is 0 Å². The minimum absolute atomic E-state index is 0.0241. The van der Waals surface area contributed by atoms with Gasteiger partial charge in [-0.2, -0.15) is 5.10 Å². The van der Waals surface area contributed by atoms with Gasteiger partial charge >= 0.3 is 0 Å². The van der Waals surface area contributed by atoms with Crippen LogP contribution >= 0.6 is 0 Å². The summed E-state index contributed by atoms with van der Waals surface area (Å²) in [6.07, 6.45) is 0. The van der Waals surface area contributed by atoms with E-state index < -0.39 is 0 Å². The van der Waals surface area contributed by atoms with Crippen LogP contribution in [0.1, 0.15) is 24.2 Å². The van der Waals surface area contributed by atoms with E-state index in [2.05, 4.69) is 30.2 Å². The monoisotopic (exact) mass is 215 g/mol. The molecular formula is C13H17N3. The average Bonchev–Trinajstić information content (AvgIpc) is 2.61. The van der Waals surface area contributed by atoms with E-state index in [-0.39, 0.29) is 6.04 Å². The Balaban J connectivity index is 2.52. The first-order chi connectivity index (χ1) is 7.59. The highest BCUT2D eigenvalue weighted by molar-refractivity contribution is 5.64. The quantitative estimate of drug-likeness (QED) is 0.836. The summed E-state index contributed by atoms with van der Waals surface area (Å²) in [5.74, 6) is 0. The molecule has 0 saturated heterocycles. The fraction of sp³-hybridized carbons (Fsp3) is 0.308. The number of aryl methyl sites for hydroxylation is 2. The number of hydrogen-bond acceptors (Lipinski definition) is 2. The van der Waals surface area contributed by atoms with Crippen LogP contribution in [-0.4, -0.2) is 9.78 Å². The van der Waals surface area contributed by atoms with Gasteiger partial charge in [-0.05, 0) is 25.5 Å². The van der Waals surface area contributed by atoms with E-state index >= 15 is 0 Å². The first-order valence-electron chi connectivity index (χ1n) is 5.45. The SMILES string of the molecule is Cc1ccccc1-c1cc(C(C)N)nn1C. The van der Waals surface area contributed by atoms with Crippen molar-refractivity contribution in [1.82, 2.24) is 9.78 Å². The lowest BCUT2D eigenvalue weighted by Gasteiger charge is -2.04. The van der Waals surface area contributed by atoms with Crippen LogP contribution in [0.3, 0.4) is 0 Å². The summed E-state index contributed by atoms with van der Waals surface area (Å²) in [4.78, 5) is 0. The van der Waals surface area contributed by atoms with E-state index in [4.69, 9.17) is 5.73 Å². The Morgan fingerprint density at radius 3 is 2.56 bits per heavy atom. The lowest BCUT2D eigenvalue weighted by atomic mass is 10.1. The maximum atomic E-state index is 5.84. The van der Waals surface area contributed by atoms with Gasteiger partial charge < -0.3 is 5.73 Å². The van der Waals surface area contributed by atoms with Crippen molar-refractivity contribution in [3.8, 4) is 11.3 Å². The van der Waals surface area contributed by atoms with E-state index in [9.17, 15) is 0 Å². The van der Waals surface area contributed by atoms with Crippen LogP contribution in [0.15, 0.2) is 30.3 Å². The van der Waals surface area contributed by atoms with Crippen LogP contribution in [0, 0.1) is 6.92 Å². The number of nitrogens with zero attached hydrogens (tertiary/aromatic N) is 2.